The molecule has 1 atom stereocenters. The summed E-state index contributed by atoms with van der Waals surface area (Å²) in [5, 5.41) is 3.30. The number of nitrogens with two attached hydrogens (primary N) is 1. The van der Waals surface area contributed by atoms with E-state index in [0.717, 1.165) is 31.0 Å². The van der Waals surface area contributed by atoms with Crippen LogP contribution in [0.2, 0.25) is 0 Å². The third kappa shape index (κ3) is 3.66. The van der Waals surface area contributed by atoms with Crippen molar-refractivity contribution in [3.05, 3.63) is 11.9 Å². The molecule has 1 aromatic heterocycles. The van der Waals surface area contributed by atoms with Crippen LogP contribution in [-0.4, -0.2) is 16.5 Å². The number of nitrogen functional groups attached to an aromatic ring is 1. The summed E-state index contributed by atoms with van der Waals surface area (Å²) in [6.07, 6.45) is 1.95. The SMILES string of the molecule is CCc1nc(NN)cc(NCC(C)CC)n1. The largest absolute Gasteiger partial charge is 0.370 e. The normalized spacial score (nSPS) is 12.2. The van der Waals surface area contributed by atoms with Crippen LogP contribution in [0.5, 0.6) is 0 Å². The van der Waals surface area contributed by atoms with Crippen molar-refractivity contribution in [3.8, 4) is 0 Å². The van der Waals surface area contributed by atoms with E-state index in [1.165, 1.54) is 0 Å². The lowest BCUT2D eigenvalue weighted by Gasteiger charge is -2.12. The van der Waals surface area contributed by atoms with Crippen molar-refractivity contribution in [1.29, 1.82) is 0 Å². The highest BCUT2D eigenvalue weighted by Crippen LogP contribution is 2.12. The quantitative estimate of drug-likeness (QED) is 0.506. The van der Waals surface area contributed by atoms with Gasteiger partial charge in [-0.3, -0.25) is 0 Å². The summed E-state index contributed by atoms with van der Waals surface area (Å²) in [7, 11) is 0. The molecule has 0 aliphatic heterocycles. The lowest BCUT2D eigenvalue weighted by atomic mass is 10.1. The molecule has 0 saturated carbocycles. The molecule has 0 spiro atoms. The molecule has 0 fully saturated rings. The van der Waals surface area contributed by atoms with E-state index in [1.807, 2.05) is 13.0 Å². The van der Waals surface area contributed by atoms with Crippen LogP contribution in [0.25, 0.3) is 0 Å². The number of nitrogens with zero attached hydrogens (tertiary/aromatic N) is 2. The van der Waals surface area contributed by atoms with Crippen LogP contribution in [-0.2, 0) is 6.42 Å². The maximum atomic E-state index is 5.36. The summed E-state index contributed by atoms with van der Waals surface area (Å²) in [4.78, 5) is 8.62. The Morgan fingerprint density at radius 3 is 2.56 bits per heavy atom. The molecule has 0 aromatic carbocycles. The Bertz CT molecular complexity index is 304. The predicted molar refractivity (Wildman–Crippen MR) is 67.2 cm³/mol. The molecule has 0 radical (unpaired) electrons. The minimum absolute atomic E-state index is 0.634. The highest BCUT2D eigenvalue weighted by Gasteiger charge is 2.04. The molecular weight excluding hydrogens is 202 g/mol. The van der Waals surface area contributed by atoms with Gasteiger partial charge in [0.25, 0.3) is 0 Å². The van der Waals surface area contributed by atoms with Crippen molar-refractivity contribution >= 4 is 11.6 Å². The molecule has 4 N–H and O–H groups in total. The second-order valence-corrected chi connectivity index (χ2v) is 3.95. The minimum Gasteiger partial charge on any atom is -0.370 e. The lowest BCUT2D eigenvalue weighted by Crippen LogP contribution is -2.15. The third-order valence-corrected chi connectivity index (χ3v) is 2.57. The van der Waals surface area contributed by atoms with E-state index in [4.69, 9.17) is 5.84 Å². The van der Waals surface area contributed by atoms with Gasteiger partial charge in [-0.2, -0.15) is 0 Å². The maximum absolute atomic E-state index is 5.36. The molecule has 0 bridgehead atoms. The van der Waals surface area contributed by atoms with Gasteiger partial charge in [0.2, 0.25) is 0 Å². The van der Waals surface area contributed by atoms with E-state index in [9.17, 15) is 0 Å². The molecule has 0 amide bonds. The Labute approximate surface area is 96.8 Å². The van der Waals surface area contributed by atoms with Gasteiger partial charge in [-0.05, 0) is 5.92 Å². The molecule has 0 aliphatic carbocycles. The lowest BCUT2D eigenvalue weighted by molar-refractivity contribution is 0.592. The van der Waals surface area contributed by atoms with Gasteiger partial charge in [-0.1, -0.05) is 27.2 Å². The topological polar surface area (TPSA) is 75.9 Å². The number of aryl methyl sites for hydroxylation is 1. The zero-order valence-electron chi connectivity index (χ0n) is 10.2. The molecular formula is C11H21N5. The van der Waals surface area contributed by atoms with E-state index in [-0.39, 0.29) is 0 Å². The van der Waals surface area contributed by atoms with Crippen LogP contribution < -0.4 is 16.6 Å². The molecule has 5 heteroatoms. The summed E-state index contributed by atoms with van der Waals surface area (Å²) in [5.74, 6) is 8.27. The van der Waals surface area contributed by atoms with Gasteiger partial charge in [0, 0.05) is 19.0 Å². The molecule has 1 heterocycles. The third-order valence-electron chi connectivity index (χ3n) is 2.57. The predicted octanol–water partition coefficient (Wildman–Crippen LogP) is 1.78. The fourth-order valence-electron chi connectivity index (χ4n) is 1.24. The van der Waals surface area contributed by atoms with Gasteiger partial charge >= 0.3 is 0 Å². The molecule has 1 unspecified atom stereocenters. The van der Waals surface area contributed by atoms with E-state index in [2.05, 4.69) is 34.6 Å². The second kappa shape index (κ2) is 6.27. The first-order valence-electron chi connectivity index (χ1n) is 5.78. The van der Waals surface area contributed by atoms with Gasteiger partial charge in [-0.25, -0.2) is 15.8 Å². The van der Waals surface area contributed by atoms with Crippen LogP contribution in [0.3, 0.4) is 0 Å². The van der Waals surface area contributed by atoms with Crippen LogP contribution in [0.1, 0.15) is 33.0 Å². The highest BCUT2D eigenvalue weighted by molar-refractivity contribution is 5.46. The number of rotatable bonds is 6. The number of nitrogens with one attached hydrogen (secondary N) is 2. The van der Waals surface area contributed by atoms with Crippen molar-refractivity contribution in [1.82, 2.24) is 9.97 Å². The molecule has 16 heavy (non-hydrogen) atoms. The average molecular weight is 223 g/mol. The fourth-order valence-corrected chi connectivity index (χ4v) is 1.24. The first-order valence-corrected chi connectivity index (χ1v) is 5.78. The maximum Gasteiger partial charge on any atom is 0.145 e. The smallest absolute Gasteiger partial charge is 0.145 e. The molecule has 0 aliphatic rings. The van der Waals surface area contributed by atoms with Crippen LogP contribution in [0, 0.1) is 5.92 Å². The van der Waals surface area contributed by atoms with Crippen molar-refractivity contribution in [2.24, 2.45) is 11.8 Å². The zero-order valence-corrected chi connectivity index (χ0v) is 10.2. The van der Waals surface area contributed by atoms with Crippen molar-refractivity contribution < 1.29 is 0 Å². The zero-order chi connectivity index (χ0) is 12.0. The number of aromatic nitrogens is 2. The van der Waals surface area contributed by atoms with Crippen LogP contribution >= 0.6 is 0 Å². The molecule has 90 valence electrons. The monoisotopic (exact) mass is 223 g/mol. The summed E-state index contributed by atoms with van der Waals surface area (Å²) < 4.78 is 0. The van der Waals surface area contributed by atoms with E-state index in [1.54, 1.807) is 0 Å². The molecule has 1 rings (SSSR count). The number of hydrazine groups is 1. The second-order valence-electron chi connectivity index (χ2n) is 3.95. The summed E-state index contributed by atoms with van der Waals surface area (Å²) >= 11 is 0. The van der Waals surface area contributed by atoms with Gasteiger partial charge < -0.3 is 10.7 Å². The Kier molecular flexibility index (Phi) is 4.98. The Morgan fingerprint density at radius 2 is 2.00 bits per heavy atom. The average Bonchev–Trinajstić information content (AvgIpc) is 2.35. The minimum atomic E-state index is 0.634. The first kappa shape index (κ1) is 12.7. The highest BCUT2D eigenvalue weighted by atomic mass is 15.3. The summed E-state index contributed by atoms with van der Waals surface area (Å²) in [6.45, 7) is 7.32. The summed E-state index contributed by atoms with van der Waals surface area (Å²) in [6, 6.07) is 1.82. The number of hydrogen-bond donors (Lipinski definition) is 3. The Morgan fingerprint density at radius 1 is 1.31 bits per heavy atom. The van der Waals surface area contributed by atoms with Crippen molar-refractivity contribution in [2.75, 3.05) is 17.3 Å². The molecule has 1 aromatic rings. The van der Waals surface area contributed by atoms with Gasteiger partial charge in [-0.15, -0.1) is 0 Å². The van der Waals surface area contributed by atoms with Crippen LogP contribution in [0.15, 0.2) is 6.07 Å². The van der Waals surface area contributed by atoms with E-state index >= 15 is 0 Å². The molecule has 5 nitrogen and oxygen atoms in total. The standard InChI is InChI=1S/C11H21N5/c1-4-8(3)7-13-10-6-11(16-12)15-9(5-2)14-10/h6,8H,4-5,7,12H2,1-3H3,(H2,13,14,15,16). The Balaban J connectivity index is 2.71. The molecule has 0 saturated heterocycles. The Hall–Kier alpha value is -1.36. The summed E-state index contributed by atoms with van der Waals surface area (Å²) in [5.41, 5.74) is 2.55. The van der Waals surface area contributed by atoms with E-state index < -0.39 is 0 Å². The van der Waals surface area contributed by atoms with Crippen molar-refractivity contribution in [2.45, 2.75) is 33.6 Å². The van der Waals surface area contributed by atoms with E-state index in [0.29, 0.717) is 11.7 Å². The first-order chi connectivity index (χ1) is 7.69. The number of anilines is 2. The fraction of sp³-hybridized carbons (Fsp3) is 0.636. The van der Waals surface area contributed by atoms with Crippen molar-refractivity contribution in [3.63, 3.8) is 0 Å². The van der Waals surface area contributed by atoms with Crippen LogP contribution in [0.4, 0.5) is 11.6 Å². The number of hydrogen-bond acceptors (Lipinski definition) is 5. The van der Waals surface area contributed by atoms with Gasteiger partial charge in [0.15, 0.2) is 0 Å². The van der Waals surface area contributed by atoms with Gasteiger partial charge in [0.05, 0.1) is 0 Å². The van der Waals surface area contributed by atoms with Gasteiger partial charge in [0.1, 0.15) is 17.5 Å².